The molecule has 0 nitrogen and oxygen atoms in total. The number of hydrogen-bond donors (Lipinski definition) is 0. The van der Waals surface area contributed by atoms with Crippen molar-refractivity contribution in [2.45, 2.75) is 82.7 Å². The molecule has 0 radical (unpaired) electrons. The molecule has 0 aromatic rings. The van der Waals surface area contributed by atoms with Crippen LogP contribution in [0.5, 0.6) is 0 Å². The summed E-state index contributed by atoms with van der Waals surface area (Å²) in [7, 11) is 0. The van der Waals surface area contributed by atoms with E-state index in [4.69, 9.17) is 0 Å². The van der Waals surface area contributed by atoms with Gasteiger partial charge in [0.1, 0.15) is 6.71 Å². The molecule has 2 bridgehead atoms. The van der Waals surface area contributed by atoms with Crippen LogP contribution in [0.15, 0.2) is 0 Å². The largest absolute Gasteiger partial charge is 0.149 e. The van der Waals surface area contributed by atoms with E-state index < -0.39 is 0 Å². The summed E-state index contributed by atoms with van der Waals surface area (Å²) in [6.45, 7) is 5.92. The fraction of sp³-hybridized carbons (Fsp3) is 1.00. The Morgan fingerprint density at radius 1 is 0.929 bits per heavy atom. The molecule has 2 rings (SSSR count). The minimum absolute atomic E-state index is 1.05. The molecular formula is C13H25B. The molecule has 0 spiro atoms. The van der Waals surface area contributed by atoms with Crippen LogP contribution in [0, 0.1) is 0 Å². The highest BCUT2D eigenvalue weighted by molar-refractivity contribution is 6.64. The van der Waals surface area contributed by atoms with E-state index in [0.29, 0.717) is 0 Å². The fourth-order valence-electron chi connectivity index (χ4n) is 4.33. The zero-order valence-electron chi connectivity index (χ0n) is 9.97. The molecule has 2 fully saturated rings. The van der Waals surface area contributed by atoms with E-state index >= 15 is 0 Å². The van der Waals surface area contributed by atoms with Gasteiger partial charge >= 0.3 is 0 Å². The van der Waals surface area contributed by atoms with Crippen LogP contribution in [0.25, 0.3) is 0 Å². The molecule has 0 saturated carbocycles. The first-order chi connectivity index (χ1) is 6.86. The molecule has 2 aliphatic heterocycles. The van der Waals surface area contributed by atoms with Crippen LogP contribution in [0.2, 0.25) is 17.5 Å². The molecule has 0 atom stereocenters. The molecule has 0 aliphatic carbocycles. The Kier molecular flexibility index (Phi) is 3.57. The Labute approximate surface area is 89.9 Å². The van der Waals surface area contributed by atoms with Crippen LogP contribution in [0.1, 0.15) is 65.2 Å². The average molecular weight is 192 g/mol. The summed E-state index contributed by atoms with van der Waals surface area (Å²) in [4.78, 5) is 0. The second-order valence-electron chi connectivity index (χ2n) is 5.54. The minimum atomic E-state index is 1.05. The lowest BCUT2D eigenvalue weighted by atomic mass is 9.22. The topological polar surface area (TPSA) is 0 Å². The zero-order valence-corrected chi connectivity index (χ0v) is 9.97. The van der Waals surface area contributed by atoms with Crippen LogP contribution in [0.3, 0.4) is 0 Å². The standard InChI is InChI=1S/C13H25B/c1-3-11(4-2)14-12-7-5-8-13(14)10-6-9-12/h11-13H,3-10H2,1-2H3. The lowest BCUT2D eigenvalue weighted by Crippen LogP contribution is -2.38. The van der Waals surface area contributed by atoms with Gasteiger partial charge in [-0.15, -0.1) is 0 Å². The van der Waals surface area contributed by atoms with Crippen LogP contribution in [-0.4, -0.2) is 6.71 Å². The summed E-state index contributed by atoms with van der Waals surface area (Å²) in [5.74, 6) is 3.28. The summed E-state index contributed by atoms with van der Waals surface area (Å²) in [5.41, 5.74) is 0. The fourth-order valence-corrected chi connectivity index (χ4v) is 4.33. The lowest BCUT2D eigenvalue weighted by molar-refractivity contribution is 0.430. The Balaban J connectivity index is 2.07. The van der Waals surface area contributed by atoms with Gasteiger partial charge in [-0.25, -0.2) is 0 Å². The molecule has 2 heterocycles. The molecule has 0 aromatic carbocycles. The first-order valence-electron chi connectivity index (χ1n) is 6.86. The first-order valence-corrected chi connectivity index (χ1v) is 6.86. The summed E-state index contributed by atoms with van der Waals surface area (Å²) in [6, 6.07) is 0. The smallest absolute Gasteiger partial charge is 0.0658 e. The first kappa shape index (κ1) is 10.6. The lowest BCUT2D eigenvalue weighted by Gasteiger charge is -2.44. The maximum atomic E-state index is 2.40. The summed E-state index contributed by atoms with van der Waals surface area (Å²) in [6.07, 6.45) is 12.1. The zero-order chi connectivity index (χ0) is 9.97. The molecule has 0 amide bonds. The molecule has 0 unspecified atom stereocenters. The van der Waals surface area contributed by atoms with Crippen LogP contribution in [0.4, 0.5) is 0 Å². The average Bonchev–Trinajstić information content (AvgIpc) is 2.19. The molecule has 0 aromatic heterocycles. The van der Waals surface area contributed by atoms with Crippen LogP contribution < -0.4 is 0 Å². The number of fused-ring (bicyclic) bond motifs is 2. The number of rotatable bonds is 3. The molecule has 2 saturated heterocycles. The van der Waals surface area contributed by atoms with Gasteiger partial charge in [-0.05, 0) is 0 Å². The molecule has 2 aliphatic rings. The maximum Gasteiger partial charge on any atom is 0.149 e. The second kappa shape index (κ2) is 4.72. The van der Waals surface area contributed by atoms with Gasteiger partial charge in [0.05, 0.1) is 0 Å². The predicted molar refractivity (Wildman–Crippen MR) is 65.3 cm³/mol. The molecular weight excluding hydrogens is 167 g/mol. The van der Waals surface area contributed by atoms with E-state index in [1.165, 1.54) is 25.7 Å². The van der Waals surface area contributed by atoms with Crippen LogP contribution in [-0.2, 0) is 0 Å². The van der Waals surface area contributed by atoms with Crippen molar-refractivity contribution >= 4 is 6.71 Å². The van der Waals surface area contributed by atoms with Crippen molar-refractivity contribution in [1.82, 2.24) is 0 Å². The van der Waals surface area contributed by atoms with Gasteiger partial charge in [0.25, 0.3) is 0 Å². The van der Waals surface area contributed by atoms with Gasteiger partial charge in [0.2, 0.25) is 0 Å². The van der Waals surface area contributed by atoms with Gasteiger partial charge in [-0.3, -0.25) is 0 Å². The maximum absolute atomic E-state index is 2.40. The van der Waals surface area contributed by atoms with Crippen molar-refractivity contribution in [3.63, 3.8) is 0 Å². The van der Waals surface area contributed by atoms with E-state index in [-0.39, 0.29) is 0 Å². The van der Waals surface area contributed by atoms with E-state index in [2.05, 4.69) is 13.8 Å². The molecule has 14 heavy (non-hydrogen) atoms. The Hall–Kier alpha value is 0.0649. The van der Waals surface area contributed by atoms with Gasteiger partial charge in [0, 0.05) is 0 Å². The minimum Gasteiger partial charge on any atom is -0.0658 e. The third-order valence-electron chi connectivity index (χ3n) is 4.98. The van der Waals surface area contributed by atoms with Crippen molar-refractivity contribution in [2.75, 3.05) is 0 Å². The van der Waals surface area contributed by atoms with E-state index in [0.717, 1.165) is 24.2 Å². The highest BCUT2D eigenvalue weighted by Crippen LogP contribution is 2.51. The van der Waals surface area contributed by atoms with E-state index in [1.807, 2.05) is 0 Å². The normalized spacial score (nSPS) is 32.4. The van der Waals surface area contributed by atoms with Gasteiger partial charge in [0.15, 0.2) is 0 Å². The highest BCUT2D eigenvalue weighted by atomic mass is 14.3. The Morgan fingerprint density at radius 2 is 1.36 bits per heavy atom. The second-order valence-corrected chi connectivity index (χ2v) is 5.54. The summed E-state index contributed by atoms with van der Waals surface area (Å²) < 4.78 is 0. The summed E-state index contributed by atoms with van der Waals surface area (Å²) >= 11 is 0. The monoisotopic (exact) mass is 192 g/mol. The quantitative estimate of drug-likeness (QED) is 0.564. The highest BCUT2D eigenvalue weighted by Gasteiger charge is 2.41. The van der Waals surface area contributed by atoms with E-state index in [9.17, 15) is 0 Å². The van der Waals surface area contributed by atoms with Gasteiger partial charge in [-0.1, -0.05) is 82.7 Å². The molecule has 1 heteroatoms. The van der Waals surface area contributed by atoms with Crippen molar-refractivity contribution in [2.24, 2.45) is 0 Å². The van der Waals surface area contributed by atoms with Gasteiger partial charge in [-0.2, -0.15) is 0 Å². The van der Waals surface area contributed by atoms with E-state index in [1.54, 1.807) is 25.7 Å². The summed E-state index contributed by atoms with van der Waals surface area (Å²) in [5, 5.41) is 0. The number of hydrogen-bond acceptors (Lipinski definition) is 0. The third-order valence-corrected chi connectivity index (χ3v) is 4.98. The third kappa shape index (κ3) is 1.88. The van der Waals surface area contributed by atoms with Crippen molar-refractivity contribution in [1.29, 1.82) is 0 Å². The SMILES string of the molecule is CCC(CC)B1C2CCCC1CCC2. The Morgan fingerprint density at radius 3 is 1.71 bits per heavy atom. The van der Waals surface area contributed by atoms with Crippen molar-refractivity contribution in [3.8, 4) is 0 Å². The molecule has 80 valence electrons. The van der Waals surface area contributed by atoms with Crippen LogP contribution >= 0.6 is 0 Å². The van der Waals surface area contributed by atoms with Crippen molar-refractivity contribution < 1.29 is 0 Å². The Bertz CT molecular complexity index is 149. The molecule has 0 N–H and O–H groups in total. The predicted octanol–water partition coefficient (Wildman–Crippen LogP) is 4.78. The van der Waals surface area contributed by atoms with Gasteiger partial charge < -0.3 is 0 Å². The van der Waals surface area contributed by atoms with Crippen molar-refractivity contribution in [3.05, 3.63) is 0 Å².